The zero-order chi connectivity index (χ0) is 17.6. The number of hydrogen-bond acceptors (Lipinski definition) is 3. The van der Waals surface area contributed by atoms with Crippen molar-refractivity contribution in [1.29, 1.82) is 0 Å². The highest BCUT2D eigenvalue weighted by Crippen LogP contribution is 2.48. The van der Waals surface area contributed by atoms with Gasteiger partial charge in [0.15, 0.2) is 11.4 Å². The Bertz CT molecular complexity index is 927. The van der Waals surface area contributed by atoms with Gasteiger partial charge in [0, 0.05) is 11.1 Å². The monoisotopic (exact) mass is 331 g/mol. The first kappa shape index (κ1) is 15.6. The normalized spacial score (nSPS) is 24.6. The topological polar surface area (TPSA) is 57.6 Å². The lowest BCUT2D eigenvalue weighted by atomic mass is 9.71. The van der Waals surface area contributed by atoms with Crippen molar-refractivity contribution in [1.82, 2.24) is 0 Å². The molecule has 0 spiro atoms. The Morgan fingerprint density at radius 2 is 1.88 bits per heavy atom. The van der Waals surface area contributed by atoms with Crippen molar-refractivity contribution >= 4 is 17.4 Å². The van der Waals surface area contributed by atoms with Crippen LogP contribution in [0.5, 0.6) is 0 Å². The Morgan fingerprint density at radius 1 is 1.16 bits per heavy atom. The highest BCUT2D eigenvalue weighted by Gasteiger charge is 2.57. The lowest BCUT2D eigenvalue weighted by Gasteiger charge is -2.34. The molecule has 1 aliphatic heterocycles. The van der Waals surface area contributed by atoms with Crippen LogP contribution in [0.4, 0.5) is 5.69 Å². The minimum Gasteiger partial charge on any atom is -0.375 e. The van der Waals surface area contributed by atoms with E-state index in [0.717, 1.165) is 5.56 Å². The van der Waals surface area contributed by atoms with Crippen LogP contribution >= 0.6 is 0 Å². The predicted molar refractivity (Wildman–Crippen MR) is 94.1 cm³/mol. The first-order valence-corrected chi connectivity index (χ1v) is 8.28. The quantitative estimate of drug-likeness (QED) is 0.859. The molecule has 2 atom stereocenters. The van der Waals surface area contributed by atoms with Gasteiger partial charge in [-0.2, -0.15) is 0 Å². The largest absolute Gasteiger partial charge is 0.375 e. The van der Waals surface area contributed by atoms with Gasteiger partial charge in [-0.25, -0.2) is 0 Å². The van der Waals surface area contributed by atoms with Crippen LogP contribution in [0, 0.1) is 18.3 Å². The van der Waals surface area contributed by atoms with Crippen molar-refractivity contribution in [2.24, 2.45) is 5.92 Å². The standard InChI is InChI=1S/C21H17NO3/c1-2-13-22-18-10-6-5-9-16(18)21(25,20(22)24)17-12-11-14-7-3-4-8-15(14)19(17)23/h1,3-10,17,25H,11-13H2/t17-,21+/m0/s1. The molecule has 4 heteroatoms. The van der Waals surface area contributed by atoms with E-state index in [0.29, 0.717) is 29.7 Å². The number of hydrogen-bond donors (Lipinski definition) is 1. The third-order valence-electron chi connectivity index (χ3n) is 5.23. The molecule has 0 aromatic heterocycles. The van der Waals surface area contributed by atoms with Crippen LogP contribution in [0.25, 0.3) is 0 Å². The summed E-state index contributed by atoms with van der Waals surface area (Å²) in [5, 5.41) is 11.4. The number of carbonyl (C=O) groups is 2. The summed E-state index contributed by atoms with van der Waals surface area (Å²) in [6.45, 7) is 0.0651. The third-order valence-corrected chi connectivity index (χ3v) is 5.23. The highest BCUT2D eigenvalue weighted by molar-refractivity contribution is 6.12. The van der Waals surface area contributed by atoms with Crippen molar-refractivity contribution in [3.05, 3.63) is 65.2 Å². The molecular weight excluding hydrogens is 314 g/mol. The molecule has 0 fully saturated rings. The van der Waals surface area contributed by atoms with Gasteiger partial charge >= 0.3 is 0 Å². The molecule has 0 radical (unpaired) electrons. The molecule has 1 N–H and O–H groups in total. The summed E-state index contributed by atoms with van der Waals surface area (Å²) >= 11 is 0. The average Bonchev–Trinajstić information content (AvgIpc) is 2.85. The molecule has 0 saturated carbocycles. The molecule has 0 bridgehead atoms. The smallest absolute Gasteiger partial charge is 0.265 e. The van der Waals surface area contributed by atoms with Crippen LogP contribution in [0.15, 0.2) is 48.5 Å². The van der Waals surface area contributed by atoms with Gasteiger partial charge in [-0.1, -0.05) is 48.4 Å². The van der Waals surface area contributed by atoms with Crippen LogP contribution in [0.3, 0.4) is 0 Å². The zero-order valence-electron chi connectivity index (χ0n) is 13.6. The molecule has 124 valence electrons. The zero-order valence-corrected chi connectivity index (χ0v) is 13.6. The summed E-state index contributed by atoms with van der Waals surface area (Å²) in [5.74, 6) is 0.956. The Balaban J connectivity index is 1.84. The van der Waals surface area contributed by atoms with Gasteiger partial charge in [0.05, 0.1) is 18.2 Å². The second-order valence-corrected chi connectivity index (χ2v) is 6.49. The first-order valence-electron chi connectivity index (χ1n) is 8.28. The summed E-state index contributed by atoms with van der Waals surface area (Å²) in [7, 11) is 0. The summed E-state index contributed by atoms with van der Waals surface area (Å²) in [6, 6.07) is 14.4. The van der Waals surface area contributed by atoms with Crippen molar-refractivity contribution in [2.45, 2.75) is 18.4 Å². The van der Waals surface area contributed by atoms with E-state index < -0.39 is 17.4 Å². The molecule has 1 aliphatic carbocycles. The van der Waals surface area contributed by atoms with E-state index in [1.165, 1.54) is 4.90 Å². The molecule has 0 unspecified atom stereocenters. The predicted octanol–water partition coefficient (Wildman–Crippen LogP) is 2.30. The van der Waals surface area contributed by atoms with Crippen molar-refractivity contribution in [2.75, 3.05) is 11.4 Å². The minimum atomic E-state index is -1.86. The number of ketones is 1. The number of Topliss-reactive ketones (excluding diaryl/α,β-unsaturated/α-hetero) is 1. The molecular formula is C21H17NO3. The highest BCUT2D eigenvalue weighted by atomic mass is 16.3. The minimum absolute atomic E-state index is 0.0651. The average molecular weight is 331 g/mol. The lowest BCUT2D eigenvalue weighted by molar-refractivity contribution is -0.140. The van der Waals surface area contributed by atoms with Gasteiger partial charge in [0.1, 0.15) is 0 Å². The van der Waals surface area contributed by atoms with Crippen molar-refractivity contribution in [3.63, 3.8) is 0 Å². The number of nitrogens with zero attached hydrogens (tertiary/aromatic N) is 1. The fourth-order valence-corrected chi connectivity index (χ4v) is 4.04. The number of anilines is 1. The lowest BCUT2D eigenvalue weighted by Crippen LogP contribution is -2.49. The Labute approximate surface area is 146 Å². The summed E-state index contributed by atoms with van der Waals surface area (Å²) in [5.41, 5.74) is 0.741. The van der Waals surface area contributed by atoms with Crippen molar-refractivity contribution < 1.29 is 14.7 Å². The van der Waals surface area contributed by atoms with Crippen LogP contribution in [0.1, 0.15) is 27.9 Å². The summed E-state index contributed by atoms with van der Waals surface area (Å²) in [6.07, 6.45) is 6.47. The number of aryl methyl sites for hydroxylation is 1. The van der Waals surface area contributed by atoms with E-state index in [1.807, 2.05) is 12.1 Å². The Hall–Kier alpha value is -2.90. The number of carbonyl (C=O) groups excluding carboxylic acids is 2. The maximum Gasteiger partial charge on any atom is 0.265 e. The fraction of sp³-hybridized carbons (Fsp3) is 0.238. The maximum absolute atomic E-state index is 13.1. The molecule has 4 nitrogen and oxygen atoms in total. The molecule has 2 aromatic carbocycles. The van der Waals surface area contributed by atoms with E-state index in [9.17, 15) is 14.7 Å². The number of terminal acetylenes is 1. The van der Waals surface area contributed by atoms with Gasteiger partial charge in [-0.15, -0.1) is 6.42 Å². The van der Waals surface area contributed by atoms with E-state index in [4.69, 9.17) is 6.42 Å². The number of aliphatic hydroxyl groups is 1. The van der Waals surface area contributed by atoms with Gasteiger partial charge in [0.2, 0.25) is 0 Å². The number of amides is 1. The van der Waals surface area contributed by atoms with Gasteiger partial charge < -0.3 is 5.11 Å². The van der Waals surface area contributed by atoms with Crippen LogP contribution in [-0.2, 0) is 16.8 Å². The molecule has 1 heterocycles. The number of fused-ring (bicyclic) bond motifs is 2. The third kappa shape index (κ3) is 2.06. The molecule has 1 amide bonds. The SMILES string of the molecule is C#CCN1C(=O)[C@](O)([C@H]2CCc3ccccc3C2=O)c2ccccc21. The Kier molecular flexibility index (Phi) is 3.48. The van der Waals surface area contributed by atoms with Gasteiger partial charge in [-0.3, -0.25) is 14.5 Å². The van der Waals surface area contributed by atoms with E-state index in [1.54, 1.807) is 36.4 Å². The molecule has 25 heavy (non-hydrogen) atoms. The van der Waals surface area contributed by atoms with Crippen LogP contribution in [0.2, 0.25) is 0 Å². The van der Waals surface area contributed by atoms with Crippen LogP contribution < -0.4 is 4.90 Å². The molecule has 2 aromatic rings. The van der Waals surface area contributed by atoms with Gasteiger partial charge in [-0.05, 0) is 24.5 Å². The second-order valence-electron chi connectivity index (χ2n) is 6.49. The second kappa shape index (κ2) is 5.58. The molecule has 4 rings (SSSR count). The first-order chi connectivity index (χ1) is 12.1. The van der Waals surface area contributed by atoms with Crippen LogP contribution in [-0.4, -0.2) is 23.3 Å². The van der Waals surface area contributed by atoms with Gasteiger partial charge in [0.25, 0.3) is 5.91 Å². The molecule has 2 aliphatic rings. The van der Waals surface area contributed by atoms with E-state index in [-0.39, 0.29) is 12.3 Å². The summed E-state index contributed by atoms with van der Waals surface area (Å²) < 4.78 is 0. The Morgan fingerprint density at radius 3 is 2.68 bits per heavy atom. The maximum atomic E-state index is 13.1. The van der Waals surface area contributed by atoms with Crippen molar-refractivity contribution in [3.8, 4) is 12.3 Å². The van der Waals surface area contributed by atoms with E-state index >= 15 is 0 Å². The van der Waals surface area contributed by atoms with E-state index in [2.05, 4.69) is 5.92 Å². The fourth-order valence-electron chi connectivity index (χ4n) is 4.04. The molecule has 0 saturated heterocycles. The number of para-hydroxylation sites is 1. The number of rotatable bonds is 2. The number of benzene rings is 2. The summed E-state index contributed by atoms with van der Waals surface area (Å²) in [4.78, 5) is 27.5.